The Labute approximate surface area is 856 Å². The van der Waals surface area contributed by atoms with E-state index in [-0.39, 0.29) is 0 Å². The fourth-order valence-electron chi connectivity index (χ4n) is 21.3. The number of benzene rings is 24. The lowest BCUT2D eigenvalue weighted by Crippen LogP contribution is -2.01. The summed E-state index contributed by atoms with van der Waals surface area (Å²) in [5.74, 6) is 5.94. The van der Waals surface area contributed by atoms with Gasteiger partial charge in [0.15, 0.2) is 52.4 Å². The van der Waals surface area contributed by atoms with Gasteiger partial charge in [0.2, 0.25) is 0 Å². The molecule has 24 aromatic carbocycles. The normalized spacial score (nSPS) is 11.7. The standard InChI is InChI=1S/3C45H27N3S/c1-2-12-31(13-3-1)43-46-44(32-21-18-29(19-22-32)34-23-20-28-10-4-5-14-33(28)26-34)48-45(47-43)38-27-35-15-7-9-17-37(35)42-41(38)40-36-16-8-6-11-30(36)24-25-39(40)49-42;1-2-12-31(13-3-1)43-46-44(32-21-18-29(19-22-32)34-23-20-28-10-4-5-14-33(28)26-34)48-45(47-43)41-37-17-9-7-15-35(37)27-39-42(41)40-36-16-8-6-11-30(36)24-25-38(40)49-39;1-2-12-31(13-3-1)43-46-44(32-21-18-29(19-22-32)34-23-20-28-10-4-5-14-33(28)26-34)48-45(47-43)38-27-39-41-35-15-7-6-11-30(35)24-25-40(41)49-42(39)37-17-9-8-16-36(37)38/h3*1-27H. The minimum atomic E-state index is 0.652. The minimum Gasteiger partial charge on any atom is -0.208 e. The molecule has 684 valence electrons. The monoisotopic (exact) mass is 1920 g/mol. The van der Waals surface area contributed by atoms with Crippen molar-refractivity contribution in [3.63, 3.8) is 0 Å². The number of hydrogen-bond donors (Lipinski definition) is 0. The molecule has 30 aromatic rings. The van der Waals surface area contributed by atoms with E-state index in [0.717, 1.165) is 77.5 Å². The van der Waals surface area contributed by atoms with Crippen LogP contribution >= 0.6 is 34.0 Å². The van der Waals surface area contributed by atoms with Crippen LogP contribution < -0.4 is 0 Å². The number of aromatic nitrogens is 9. The predicted molar refractivity (Wildman–Crippen MR) is 621 cm³/mol. The Balaban J connectivity index is 0.000000107. The fourth-order valence-corrected chi connectivity index (χ4v) is 25.0. The van der Waals surface area contributed by atoms with Crippen LogP contribution in [0.3, 0.4) is 0 Å². The summed E-state index contributed by atoms with van der Waals surface area (Å²) in [6, 6.07) is 174. The van der Waals surface area contributed by atoms with Crippen molar-refractivity contribution < 1.29 is 0 Å². The molecule has 0 bridgehead atoms. The summed E-state index contributed by atoms with van der Waals surface area (Å²) in [5, 5.41) is 29.3. The van der Waals surface area contributed by atoms with Crippen LogP contribution in [0.1, 0.15) is 0 Å². The number of nitrogens with zero attached hydrogens (tertiary/aromatic N) is 9. The van der Waals surface area contributed by atoms with Gasteiger partial charge in [0.1, 0.15) is 0 Å². The molecule has 0 amide bonds. The van der Waals surface area contributed by atoms with Crippen LogP contribution in [0.2, 0.25) is 0 Å². The molecule has 0 unspecified atom stereocenters. The lowest BCUT2D eigenvalue weighted by Gasteiger charge is -2.13. The molecule has 0 aliphatic heterocycles. The number of rotatable bonds is 12. The van der Waals surface area contributed by atoms with Gasteiger partial charge in [0, 0.05) is 116 Å². The largest absolute Gasteiger partial charge is 0.208 e. The molecule has 0 saturated carbocycles. The van der Waals surface area contributed by atoms with E-state index >= 15 is 0 Å². The Morgan fingerprint density at radius 3 is 0.844 bits per heavy atom. The van der Waals surface area contributed by atoms with Gasteiger partial charge in [-0.1, -0.05) is 437 Å². The van der Waals surface area contributed by atoms with Crippen molar-refractivity contribution in [2.24, 2.45) is 0 Å². The molecule has 147 heavy (non-hydrogen) atoms. The molecule has 6 aromatic heterocycles. The van der Waals surface area contributed by atoms with Gasteiger partial charge in [-0.05, 0) is 180 Å². The van der Waals surface area contributed by atoms with Crippen molar-refractivity contribution in [2.45, 2.75) is 0 Å². The van der Waals surface area contributed by atoms with E-state index in [1.807, 2.05) is 88.6 Å². The summed E-state index contributed by atoms with van der Waals surface area (Å²) < 4.78 is 7.56. The maximum absolute atomic E-state index is 5.29. The summed E-state index contributed by atoms with van der Waals surface area (Å²) in [5.41, 5.74) is 15.8. The van der Waals surface area contributed by atoms with E-state index in [9.17, 15) is 0 Å². The van der Waals surface area contributed by atoms with Crippen molar-refractivity contribution in [2.75, 3.05) is 0 Å². The molecule has 0 aliphatic carbocycles. The van der Waals surface area contributed by atoms with E-state index in [0.29, 0.717) is 52.4 Å². The maximum atomic E-state index is 5.29. The van der Waals surface area contributed by atoms with Crippen LogP contribution in [0.4, 0.5) is 0 Å². The SMILES string of the molecule is c1ccc(-c2nc(-c3ccc(-c4ccc5ccccc5c4)cc3)nc(-c3c4ccccc4cc4sc5ccc6ccccc6c5c34)n2)cc1.c1ccc(-c2nc(-c3ccc(-c4ccc5ccccc5c4)cc3)nc(-c3cc4c(sc5ccc6ccccc6c54)c4ccccc34)n2)cc1.c1ccc(-c2nc(-c3ccc(-c4ccc5ccccc5c4)cc3)nc(-c3cc4ccccc4c4sc5ccc6ccccc6c5c34)n2)cc1. The summed E-state index contributed by atoms with van der Waals surface area (Å²) in [7, 11) is 0. The third-order valence-electron chi connectivity index (χ3n) is 28.5. The van der Waals surface area contributed by atoms with Gasteiger partial charge < -0.3 is 0 Å². The Morgan fingerprint density at radius 1 is 0.122 bits per heavy atom. The molecule has 12 heteroatoms. The highest BCUT2D eigenvalue weighted by molar-refractivity contribution is 7.27. The van der Waals surface area contributed by atoms with E-state index in [4.69, 9.17) is 44.9 Å². The highest BCUT2D eigenvalue weighted by atomic mass is 32.1. The Hall–Kier alpha value is -18.7. The van der Waals surface area contributed by atoms with Gasteiger partial charge >= 0.3 is 0 Å². The topological polar surface area (TPSA) is 116 Å². The maximum Gasteiger partial charge on any atom is 0.165 e. The first kappa shape index (κ1) is 86.2. The average Bonchev–Trinajstić information content (AvgIpc) is 1.58. The van der Waals surface area contributed by atoms with Crippen LogP contribution in [-0.2, 0) is 0 Å². The van der Waals surface area contributed by atoms with Crippen molar-refractivity contribution >= 4 is 191 Å². The van der Waals surface area contributed by atoms with Crippen molar-refractivity contribution in [1.29, 1.82) is 0 Å². The molecule has 0 saturated heterocycles. The summed E-state index contributed by atoms with van der Waals surface area (Å²) in [4.78, 5) is 46.5. The van der Waals surface area contributed by atoms with Crippen LogP contribution in [-0.4, -0.2) is 44.9 Å². The van der Waals surface area contributed by atoms with E-state index in [1.165, 1.54) is 163 Å². The van der Waals surface area contributed by atoms with E-state index in [2.05, 4.69) is 437 Å². The van der Waals surface area contributed by atoms with Crippen LogP contribution in [0.25, 0.3) is 293 Å². The molecule has 30 rings (SSSR count). The van der Waals surface area contributed by atoms with Crippen LogP contribution in [0.5, 0.6) is 0 Å². The number of hydrogen-bond acceptors (Lipinski definition) is 12. The van der Waals surface area contributed by atoms with Crippen molar-refractivity contribution in [3.05, 3.63) is 491 Å². The van der Waals surface area contributed by atoms with E-state index < -0.39 is 0 Å². The summed E-state index contributed by atoms with van der Waals surface area (Å²) in [6.07, 6.45) is 0. The van der Waals surface area contributed by atoms with Gasteiger partial charge in [0.05, 0.1) is 0 Å². The Morgan fingerprint density at radius 2 is 0.408 bits per heavy atom. The molecule has 0 spiro atoms. The Kier molecular flexibility index (Phi) is 21.3. The van der Waals surface area contributed by atoms with Crippen molar-refractivity contribution in [3.8, 4) is 136 Å². The van der Waals surface area contributed by atoms with E-state index in [1.54, 1.807) is 0 Å². The predicted octanol–water partition coefficient (Wildman–Crippen LogP) is 37.1. The molecule has 0 aliphatic rings. The minimum absolute atomic E-state index is 0.652. The first-order valence-electron chi connectivity index (χ1n) is 49.3. The molecule has 0 fully saturated rings. The highest BCUT2D eigenvalue weighted by Gasteiger charge is 2.27. The summed E-state index contributed by atoms with van der Waals surface area (Å²) in [6.45, 7) is 0. The lowest BCUT2D eigenvalue weighted by atomic mass is 9.95. The van der Waals surface area contributed by atoms with Gasteiger partial charge in [-0.15, -0.1) is 34.0 Å². The van der Waals surface area contributed by atoms with Crippen LogP contribution in [0, 0.1) is 0 Å². The quantitative estimate of drug-likeness (QED) is 0.118. The molecule has 0 N–H and O–H groups in total. The second-order valence-corrected chi connectivity index (χ2v) is 40.5. The zero-order valence-corrected chi connectivity index (χ0v) is 81.5. The number of thiophene rings is 3. The Bertz CT molecular complexity index is 10500. The number of fused-ring (bicyclic) bond motifs is 23. The second-order valence-electron chi connectivity index (χ2n) is 37.3. The molecular weight excluding hydrogens is 1840 g/mol. The lowest BCUT2D eigenvalue weighted by molar-refractivity contribution is 1.08. The molecule has 0 radical (unpaired) electrons. The molecule has 6 heterocycles. The van der Waals surface area contributed by atoms with Gasteiger partial charge in [-0.25, -0.2) is 44.9 Å². The smallest absolute Gasteiger partial charge is 0.165 e. The van der Waals surface area contributed by atoms with Gasteiger partial charge in [-0.2, -0.15) is 0 Å². The fraction of sp³-hybridized carbons (Fsp3) is 0. The van der Waals surface area contributed by atoms with Crippen LogP contribution in [0.15, 0.2) is 491 Å². The first-order valence-corrected chi connectivity index (χ1v) is 51.8. The van der Waals surface area contributed by atoms with Gasteiger partial charge in [0.25, 0.3) is 0 Å². The molecule has 9 nitrogen and oxygen atoms in total. The van der Waals surface area contributed by atoms with Crippen molar-refractivity contribution in [1.82, 2.24) is 44.9 Å². The molecular formula is C135H81N9S3. The zero-order chi connectivity index (χ0) is 96.9. The highest BCUT2D eigenvalue weighted by Crippen LogP contribution is 2.51. The molecule has 0 atom stereocenters. The summed E-state index contributed by atoms with van der Waals surface area (Å²) >= 11 is 5.53. The van der Waals surface area contributed by atoms with Gasteiger partial charge in [-0.3, -0.25) is 0 Å². The first-order chi connectivity index (χ1) is 72.8. The zero-order valence-electron chi connectivity index (χ0n) is 79.0. The average molecular weight is 1930 g/mol. The second kappa shape index (κ2) is 36.4. The third kappa shape index (κ3) is 15.7. The third-order valence-corrected chi connectivity index (χ3v) is 32.0.